The fourth-order valence-corrected chi connectivity index (χ4v) is 2.83. The molecule has 1 N–H and O–H groups in total. The van der Waals surface area contributed by atoms with Gasteiger partial charge in [-0.25, -0.2) is 0 Å². The first-order valence-electron chi connectivity index (χ1n) is 7.58. The highest BCUT2D eigenvalue weighted by molar-refractivity contribution is 5.18. The highest BCUT2D eigenvalue weighted by Crippen LogP contribution is 2.13. The maximum atomic E-state index is 5.39. The Morgan fingerprint density at radius 3 is 3.00 bits per heavy atom. The maximum Gasteiger partial charge on any atom is 0.240 e. The second kappa shape index (κ2) is 6.83. The first kappa shape index (κ1) is 14.2. The fourth-order valence-electron chi connectivity index (χ4n) is 2.83. The fraction of sp³-hybridized carbons (Fsp3) is 0.500. The number of hydrogen-bond donors (Lipinski definition) is 1. The summed E-state index contributed by atoms with van der Waals surface area (Å²) in [6.45, 7) is 2.90. The van der Waals surface area contributed by atoms with Crippen LogP contribution in [-0.4, -0.2) is 41.2 Å². The van der Waals surface area contributed by atoms with Gasteiger partial charge in [0.25, 0.3) is 0 Å². The summed E-state index contributed by atoms with van der Waals surface area (Å²) in [5.41, 5.74) is 1.21. The number of nitrogens with one attached hydrogen (secondary N) is 1. The number of benzene rings is 1. The lowest BCUT2D eigenvalue weighted by atomic mass is 10.1. The molecule has 1 aliphatic rings. The van der Waals surface area contributed by atoms with E-state index in [4.69, 9.17) is 4.52 Å². The third-order valence-electron chi connectivity index (χ3n) is 3.99. The zero-order chi connectivity index (χ0) is 14.5. The molecule has 5 nitrogen and oxygen atoms in total. The van der Waals surface area contributed by atoms with E-state index in [0.29, 0.717) is 6.04 Å². The summed E-state index contributed by atoms with van der Waals surface area (Å²) >= 11 is 0. The Bertz CT molecular complexity index is 554. The van der Waals surface area contributed by atoms with Crippen molar-refractivity contribution in [1.82, 2.24) is 20.4 Å². The topological polar surface area (TPSA) is 54.2 Å². The van der Waals surface area contributed by atoms with Crippen LogP contribution >= 0.6 is 0 Å². The smallest absolute Gasteiger partial charge is 0.240 e. The lowest BCUT2D eigenvalue weighted by Crippen LogP contribution is -2.43. The molecule has 5 heteroatoms. The number of likely N-dealkylation sites (N-methyl/N-ethyl adjacent to an activating group) is 1. The zero-order valence-electron chi connectivity index (χ0n) is 12.5. The van der Waals surface area contributed by atoms with Crippen molar-refractivity contribution >= 4 is 0 Å². The van der Waals surface area contributed by atoms with Gasteiger partial charge in [-0.3, -0.25) is 4.90 Å². The van der Waals surface area contributed by atoms with Gasteiger partial charge in [-0.2, -0.15) is 4.98 Å². The van der Waals surface area contributed by atoms with Crippen LogP contribution in [0.15, 0.2) is 34.9 Å². The Morgan fingerprint density at radius 2 is 2.19 bits per heavy atom. The number of hydrogen-bond acceptors (Lipinski definition) is 5. The number of aromatic nitrogens is 2. The maximum absolute atomic E-state index is 5.39. The SMILES string of the molecule is CNC1CCCN(Cc2nc(Cc3ccccc3)no2)C1. The van der Waals surface area contributed by atoms with E-state index in [1.807, 2.05) is 25.2 Å². The summed E-state index contributed by atoms with van der Waals surface area (Å²) in [7, 11) is 2.03. The largest absolute Gasteiger partial charge is 0.338 e. The van der Waals surface area contributed by atoms with Crippen molar-refractivity contribution in [2.24, 2.45) is 0 Å². The molecule has 0 aliphatic carbocycles. The third-order valence-corrected chi connectivity index (χ3v) is 3.99. The lowest BCUT2D eigenvalue weighted by Gasteiger charge is -2.31. The van der Waals surface area contributed by atoms with E-state index < -0.39 is 0 Å². The molecule has 1 aromatic heterocycles. The average Bonchev–Trinajstić information content (AvgIpc) is 2.95. The summed E-state index contributed by atoms with van der Waals surface area (Å²) < 4.78 is 5.39. The molecule has 0 spiro atoms. The molecule has 0 amide bonds. The van der Waals surface area contributed by atoms with E-state index in [0.717, 1.165) is 37.8 Å². The first-order valence-corrected chi connectivity index (χ1v) is 7.58. The highest BCUT2D eigenvalue weighted by atomic mass is 16.5. The van der Waals surface area contributed by atoms with Crippen LogP contribution in [0.5, 0.6) is 0 Å². The number of rotatable bonds is 5. The summed E-state index contributed by atoms with van der Waals surface area (Å²) in [6, 6.07) is 10.8. The summed E-state index contributed by atoms with van der Waals surface area (Å²) in [5.74, 6) is 1.48. The van der Waals surface area contributed by atoms with Crippen LogP contribution in [0.25, 0.3) is 0 Å². The quantitative estimate of drug-likeness (QED) is 0.909. The molecule has 1 atom stereocenters. The Labute approximate surface area is 125 Å². The van der Waals surface area contributed by atoms with Crippen molar-refractivity contribution in [3.05, 3.63) is 47.6 Å². The summed E-state index contributed by atoms with van der Waals surface area (Å²) in [4.78, 5) is 6.89. The molecule has 112 valence electrons. The molecular formula is C16H22N4O. The minimum atomic E-state index is 0.575. The van der Waals surface area contributed by atoms with Crippen LogP contribution < -0.4 is 5.32 Å². The van der Waals surface area contributed by atoms with Crippen LogP contribution in [0.2, 0.25) is 0 Å². The Balaban J connectivity index is 1.57. The van der Waals surface area contributed by atoms with Gasteiger partial charge in [0.1, 0.15) is 0 Å². The lowest BCUT2D eigenvalue weighted by molar-refractivity contribution is 0.167. The van der Waals surface area contributed by atoms with Gasteiger partial charge in [0.15, 0.2) is 5.82 Å². The molecule has 1 aliphatic heterocycles. The van der Waals surface area contributed by atoms with Gasteiger partial charge in [-0.1, -0.05) is 35.5 Å². The van der Waals surface area contributed by atoms with Crippen molar-refractivity contribution < 1.29 is 4.52 Å². The van der Waals surface area contributed by atoms with Crippen molar-refractivity contribution in [3.63, 3.8) is 0 Å². The second-order valence-corrected chi connectivity index (χ2v) is 5.63. The number of nitrogens with zero attached hydrogens (tertiary/aromatic N) is 3. The van der Waals surface area contributed by atoms with Crippen LogP contribution in [0.1, 0.15) is 30.1 Å². The average molecular weight is 286 g/mol. The Hall–Kier alpha value is -1.72. The number of likely N-dealkylation sites (tertiary alicyclic amines) is 1. The molecule has 2 aromatic rings. The zero-order valence-corrected chi connectivity index (χ0v) is 12.5. The molecule has 1 aromatic carbocycles. The van der Waals surface area contributed by atoms with Crippen LogP contribution in [0.4, 0.5) is 0 Å². The Morgan fingerprint density at radius 1 is 1.33 bits per heavy atom. The monoisotopic (exact) mass is 286 g/mol. The molecule has 1 fully saturated rings. The van der Waals surface area contributed by atoms with Crippen LogP contribution in [-0.2, 0) is 13.0 Å². The predicted octanol–water partition coefficient (Wildman–Crippen LogP) is 1.84. The number of piperidine rings is 1. The molecule has 0 saturated carbocycles. The van der Waals surface area contributed by atoms with Crippen molar-refractivity contribution in [3.8, 4) is 0 Å². The van der Waals surface area contributed by atoms with E-state index >= 15 is 0 Å². The van der Waals surface area contributed by atoms with E-state index in [1.54, 1.807) is 0 Å². The first-order chi connectivity index (χ1) is 10.3. The van der Waals surface area contributed by atoms with E-state index in [2.05, 4.69) is 32.5 Å². The van der Waals surface area contributed by atoms with Crippen molar-refractivity contribution in [1.29, 1.82) is 0 Å². The van der Waals surface area contributed by atoms with Gasteiger partial charge in [-0.05, 0) is 32.0 Å². The molecular weight excluding hydrogens is 264 g/mol. The second-order valence-electron chi connectivity index (χ2n) is 5.63. The molecule has 2 heterocycles. The van der Waals surface area contributed by atoms with Gasteiger partial charge in [-0.15, -0.1) is 0 Å². The van der Waals surface area contributed by atoms with Gasteiger partial charge in [0.05, 0.1) is 6.54 Å². The molecule has 1 saturated heterocycles. The third kappa shape index (κ3) is 3.89. The van der Waals surface area contributed by atoms with Gasteiger partial charge < -0.3 is 9.84 Å². The molecule has 0 radical (unpaired) electrons. The summed E-state index contributed by atoms with van der Waals surface area (Å²) in [6.07, 6.45) is 3.19. The normalized spacial score (nSPS) is 19.8. The van der Waals surface area contributed by atoms with Gasteiger partial charge in [0, 0.05) is 19.0 Å². The van der Waals surface area contributed by atoms with E-state index in [1.165, 1.54) is 18.4 Å². The standard InChI is InChI=1S/C16H22N4O/c1-17-14-8-5-9-20(11-14)12-16-18-15(19-21-16)10-13-6-3-2-4-7-13/h2-4,6-7,14,17H,5,8-12H2,1H3. The molecule has 3 rings (SSSR count). The van der Waals surface area contributed by atoms with Gasteiger partial charge >= 0.3 is 0 Å². The predicted molar refractivity (Wildman–Crippen MR) is 80.9 cm³/mol. The van der Waals surface area contributed by atoms with Crippen molar-refractivity contribution in [2.75, 3.05) is 20.1 Å². The minimum absolute atomic E-state index is 0.575. The summed E-state index contributed by atoms with van der Waals surface area (Å²) in [5, 5.41) is 7.44. The molecule has 21 heavy (non-hydrogen) atoms. The Kier molecular flexibility index (Phi) is 4.62. The van der Waals surface area contributed by atoms with Crippen molar-refractivity contribution in [2.45, 2.75) is 31.8 Å². The van der Waals surface area contributed by atoms with E-state index in [9.17, 15) is 0 Å². The van der Waals surface area contributed by atoms with Crippen LogP contribution in [0, 0.1) is 0 Å². The molecule has 1 unspecified atom stereocenters. The van der Waals surface area contributed by atoms with E-state index in [-0.39, 0.29) is 0 Å². The molecule has 0 bridgehead atoms. The van der Waals surface area contributed by atoms with Gasteiger partial charge in [0.2, 0.25) is 5.89 Å². The van der Waals surface area contributed by atoms with Crippen LogP contribution in [0.3, 0.4) is 0 Å². The highest BCUT2D eigenvalue weighted by Gasteiger charge is 2.20. The minimum Gasteiger partial charge on any atom is -0.338 e.